The number of rotatable bonds is 3. The van der Waals surface area contributed by atoms with E-state index in [1.54, 1.807) is 12.1 Å². The maximum atomic E-state index is 12.0. The Bertz CT molecular complexity index is 862. The van der Waals surface area contributed by atoms with Crippen LogP contribution in [0, 0.1) is 4.77 Å². The fourth-order valence-corrected chi connectivity index (χ4v) is 3.23. The van der Waals surface area contributed by atoms with E-state index in [-0.39, 0.29) is 16.3 Å². The first-order valence-corrected chi connectivity index (χ1v) is 7.88. The largest absolute Gasteiger partial charge is 0.503 e. The molecule has 1 aliphatic rings. The summed E-state index contributed by atoms with van der Waals surface area (Å²) >= 11 is 11.0. The quantitative estimate of drug-likeness (QED) is 0.738. The predicted octanol–water partition coefficient (Wildman–Crippen LogP) is 2.36. The Balaban J connectivity index is 1.84. The van der Waals surface area contributed by atoms with Crippen molar-refractivity contribution in [2.75, 3.05) is 13.7 Å². The molecule has 1 aromatic heterocycles. The summed E-state index contributed by atoms with van der Waals surface area (Å²) in [4.78, 5) is 19.8. The Morgan fingerprint density at radius 3 is 2.96 bits per heavy atom. The third-order valence-corrected chi connectivity index (χ3v) is 4.40. The number of benzene rings is 1. The fourth-order valence-electron chi connectivity index (χ4n) is 2.78. The van der Waals surface area contributed by atoms with Crippen LogP contribution in [-0.2, 0) is 19.5 Å². The molecule has 0 saturated carbocycles. The molecule has 8 heteroatoms. The first-order chi connectivity index (χ1) is 11.0. The van der Waals surface area contributed by atoms with E-state index in [2.05, 4.69) is 14.9 Å². The number of methoxy groups -OCH3 is 1. The lowest BCUT2D eigenvalue weighted by atomic mass is 10.1. The van der Waals surface area contributed by atoms with Crippen molar-refractivity contribution in [3.05, 3.63) is 49.1 Å². The van der Waals surface area contributed by atoms with E-state index in [4.69, 9.17) is 28.6 Å². The second kappa shape index (κ2) is 6.35. The second-order valence-corrected chi connectivity index (χ2v) is 6.27. The normalized spacial score (nSPS) is 14.5. The van der Waals surface area contributed by atoms with Crippen LogP contribution in [0.15, 0.2) is 16.9 Å². The Labute approximate surface area is 142 Å². The van der Waals surface area contributed by atoms with E-state index in [9.17, 15) is 9.90 Å². The van der Waals surface area contributed by atoms with Crippen molar-refractivity contribution in [3.8, 4) is 11.5 Å². The number of halogens is 1. The number of nitrogens with zero attached hydrogens (tertiary/aromatic N) is 1. The summed E-state index contributed by atoms with van der Waals surface area (Å²) < 4.78 is 5.48. The van der Waals surface area contributed by atoms with Gasteiger partial charge in [-0.1, -0.05) is 11.6 Å². The average molecular weight is 354 g/mol. The van der Waals surface area contributed by atoms with E-state index in [0.29, 0.717) is 29.2 Å². The number of hydrogen-bond donors (Lipinski definition) is 3. The predicted molar refractivity (Wildman–Crippen MR) is 89.7 cm³/mol. The molecule has 0 amide bonds. The highest BCUT2D eigenvalue weighted by molar-refractivity contribution is 7.71. The summed E-state index contributed by atoms with van der Waals surface area (Å²) in [7, 11) is 1.48. The van der Waals surface area contributed by atoms with Gasteiger partial charge in [-0.2, -0.15) is 0 Å². The zero-order chi connectivity index (χ0) is 16.6. The van der Waals surface area contributed by atoms with Crippen LogP contribution in [0.1, 0.15) is 16.8 Å². The Morgan fingerprint density at radius 1 is 1.43 bits per heavy atom. The van der Waals surface area contributed by atoms with Crippen LogP contribution < -0.4 is 10.3 Å². The number of aromatic amines is 2. The minimum atomic E-state index is -0.144. The van der Waals surface area contributed by atoms with Crippen LogP contribution in [0.25, 0.3) is 0 Å². The molecule has 0 fully saturated rings. The van der Waals surface area contributed by atoms with Crippen LogP contribution in [0.3, 0.4) is 0 Å². The topological polar surface area (TPSA) is 81.3 Å². The van der Waals surface area contributed by atoms with Gasteiger partial charge in [0.05, 0.1) is 17.7 Å². The molecule has 6 nitrogen and oxygen atoms in total. The van der Waals surface area contributed by atoms with Crippen LogP contribution >= 0.6 is 23.8 Å². The first kappa shape index (κ1) is 16.0. The molecule has 23 heavy (non-hydrogen) atoms. The van der Waals surface area contributed by atoms with Gasteiger partial charge in [-0.25, -0.2) is 0 Å². The maximum absolute atomic E-state index is 12.0. The average Bonchev–Trinajstić information content (AvgIpc) is 2.51. The molecule has 2 aromatic rings. The molecular formula is C15H16ClN3O3S. The minimum absolute atomic E-state index is 0.0640. The van der Waals surface area contributed by atoms with Crippen molar-refractivity contribution < 1.29 is 9.84 Å². The fraction of sp³-hybridized carbons (Fsp3) is 0.333. The van der Waals surface area contributed by atoms with Crippen molar-refractivity contribution >= 4 is 23.8 Å². The molecule has 0 spiro atoms. The van der Waals surface area contributed by atoms with E-state index in [1.807, 2.05) is 0 Å². The molecule has 3 N–H and O–H groups in total. The Kier molecular flexibility index (Phi) is 4.43. The van der Waals surface area contributed by atoms with Gasteiger partial charge >= 0.3 is 0 Å². The van der Waals surface area contributed by atoms with Gasteiger partial charge in [0, 0.05) is 31.7 Å². The molecule has 0 saturated heterocycles. The zero-order valence-electron chi connectivity index (χ0n) is 12.5. The molecule has 0 aliphatic carbocycles. The molecule has 1 aromatic carbocycles. The number of aromatic nitrogens is 2. The van der Waals surface area contributed by atoms with Gasteiger partial charge in [0.1, 0.15) is 0 Å². The summed E-state index contributed by atoms with van der Waals surface area (Å²) in [5.41, 5.74) is 2.38. The summed E-state index contributed by atoms with van der Waals surface area (Å²) in [5, 5.41) is 10.0. The van der Waals surface area contributed by atoms with Gasteiger partial charge in [0.25, 0.3) is 5.56 Å². The number of phenolic OH excluding ortho intramolecular Hbond substituents is 1. The van der Waals surface area contributed by atoms with Gasteiger partial charge in [-0.05, 0) is 29.9 Å². The van der Waals surface area contributed by atoms with Crippen molar-refractivity contribution in [2.24, 2.45) is 0 Å². The molecule has 0 radical (unpaired) electrons. The first-order valence-electron chi connectivity index (χ1n) is 7.10. The number of aromatic hydroxyl groups is 1. The zero-order valence-corrected chi connectivity index (χ0v) is 14.1. The van der Waals surface area contributed by atoms with Gasteiger partial charge in [-0.15, -0.1) is 0 Å². The van der Waals surface area contributed by atoms with Gasteiger partial charge < -0.3 is 14.8 Å². The second-order valence-electron chi connectivity index (χ2n) is 5.45. The van der Waals surface area contributed by atoms with Crippen LogP contribution in [-0.4, -0.2) is 33.6 Å². The van der Waals surface area contributed by atoms with Crippen LogP contribution in [0.5, 0.6) is 11.5 Å². The molecule has 0 unspecified atom stereocenters. The van der Waals surface area contributed by atoms with E-state index in [0.717, 1.165) is 24.2 Å². The SMILES string of the molecule is COc1cc(CN2CCc3[nH]c(=S)[nH]c(=O)c3C2)cc(Cl)c1O. The third kappa shape index (κ3) is 3.26. The van der Waals surface area contributed by atoms with E-state index in [1.165, 1.54) is 7.11 Å². The lowest BCUT2D eigenvalue weighted by Gasteiger charge is -2.28. The number of nitrogens with one attached hydrogen (secondary N) is 2. The highest BCUT2D eigenvalue weighted by atomic mass is 35.5. The molecule has 122 valence electrons. The third-order valence-electron chi connectivity index (χ3n) is 3.90. The van der Waals surface area contributed by atoms with E-state index >= 15 is 0 Å². The number of ether oxygens (including phenoxy) is 1. The molecule has 0 atom stereocenters. The highest BCUT2D eigenvalue weighted by Gasteiger charge is 2.20. The van der Waals surface area contributed by atoms with Crippen molar-refractivity contribution in [2.45, 2.75) is 19.5 Å². The lowest BCUT2D eigenvalue weighted by Crippen LogP contribution is -2.35. The molecule has 1 aliphatic heterocycles. The summed E-state index contributed by atoms with van der Waals surface area (Å²) in [6, 6.07) is 3.46. The van der Waals surface area contributed by atoms with Gasteiger partial charge in [0.15, 0.2) is 16.3 Å². The monoisotopic (exact) mass is 353 g/mol. The van der Waals surface area contributed by atoms with E-state index < -0.39 is 0 Å². The van der Waals surface area contributed by atoms with Gasteiger partial charge in [0.2, 0.25) is 0 Å². The maximum Gasteiger partial charge on any atom is 0.256 e. The highest BCUT2D eigenvalue weighted by Crippen LogP contribution is 2.35. The number of H-pyrrole nitrogens is 2. The number of phenols is 1. The summed E-state index contributed by atoms with van der Waals surface area (Å²) in [6.45, 7) is 1.92. The minimum Gasteiger partial charge on any atom is -0.503 e. The molecule has 0 bridgehead atoms. The van der Waals surface area contributed by atoms with Gasteiger partial charge in [-0.3, -0.25) is 14.7 Å². The standard InChI is InChI=1S/C15H16ClN3O3S/c1-22-12-5-8(4-10(16)13(12)20)6-19-3-2-11-9(7-19)14(21)18-15(23)17-11/h4-5,20H,2-3,6-7H2,1H3,(H2,17,18,21,23). The number of fused-ring (bicyclic) bond motifs is 1. The summed E-state index contributed by atoms with van der Waals surface area (Å²) in [6.07, 6.45) is 0.728. The Hall–Kier alpha value is -1.83. The lowest BCUT2D eigenvalue weighted by molar-refractivity contribution is 0.241. The number of hydrogen-bond acceptors (Lipinski definition) is 5. The Morgan fingerprint density at radius 2 is 2.22 bits per heavy atom. The molecule has 2 heterocycles. The molecular weight excluding hydrogens is 338 g/mol. The van der Waals surface area contributed by atoms with Crippen LogP contribution in [0.4, 0.5) is 0 Å². The van der Waals surface area contributed by atoms with Crippen molar-refractivity contribution in [1.29, 1.82) is 0 Å². The smallest absolute Gasteiger partial charge is 0.256 e. The van der Waals surface area contributed by atoms with Crippen molar-refractivity contribution in [1.82, 2.24) is 14.9 Å². The van der Waals surface area contributed by atoms with Crippen LogP contribution in [0.2, 0.25) is 5.02 Å². The van der Waals surface area contributed by atoms with Crippen molar-refractivity contribution in [3.63, 3.8) is 0 Å². The summed E-state index contributed by atoms with van der Waals surface area (Å²) in [5.74, 6) is 0.276. The molecule has 3 rings (SSSR count).